The van der Waals surface area contributed by atoms with Crippen LogP contribution < -0.4 is 0 Å². The molecule has 0 aromatic heterocycles. The summed E-state index contributed by atoms with van der Waals surface area (Å²) in [6.07, 6.45) is 0. The summed E-state index contributed by atoms with van der Waals surface area (Å²) >= 11 is 4.58. The van der Waals surface area contributed by atoms with E-state index in [1.54, 1.807) is 24.3 Å². The van der Waals surface area contributed by atoms with Crippen LogP contribution in [0.25, 0.3) is 0 Å². The van der Waals surface area contributed by atoms with Crippen LogP contribution in [0, 0.1) is 23.7 Å². The second-order valence-corrected chi connectivity index (χ2v) is 5.56. The molecule has 0 fully saturated rings. The molecule has 122 valence electrons. The van der Waals surface area contributed by atoms with Crippen molar-refractivity contribution in [1.29, 1.82) is 0 Å². The van der Waals surface area contributed by atoms with Crippen LogP contribution in [0.15, 0.2) is 77.8 Å². The summed E-state index contributed by atoms with van der Waals surface area (Å²) in [5.41, 5.74) is 4.35. The molecule has 1 N–H and O–H groups in total. The molecule has 3 rings (SSSR count). The van der Waals surface area contributed by atoms with Gasteiger partial charge in [-0.05, 0) is 85.0 Å². The topological polar surface area (TPSA) is 32.6 Å². The molecule has 3 aromatic rings. The maximum absolute atomic E-state index is 9.27. The molecule has 0 atom stereocenters. The molecule has 0 spiro atoms. The zero-order chi connectivity index (χ0) is 18.2. The molecule has 3 aromatic carbocycles. The van der Waals surface area contributed by atoms with Gasteiger partial charge >= 0.3 is 0 Å². The van der Waals surface area contributed by atoms with Crippen molar-refractivity contribution in [3.05, 3.63) is 95.1 Å². The monoisotopic (exact) mass is 351 g/mol. The minimum absolute atomic E-state index is 0.236. The first-order valence-corrected chi connectivity index (χ1v) is 8.25. The SMILES string of the molecule is Oc1ccc(C#Cc2ccc(C#Cc3ccc(N=C=S)cc3)cc2)cc1. The van der Waals surface area contributed by atoms with Crippen molar-refractivity contribution in [3.8, 4) is 29.4 Å². The number of aromatic hydroxyl groups is 1. The Morgan fingerprint density at radius 2 is 0.923 bits per heavy atom. The number of thiocarbonyl (C=S) groups is 1. The van der Waals surface area contributed by atoms with Gasteiger partial charge in [-0.3, -0.25) is 0 Å². The van der Waals surface area contributed by atoms with E-state index in [1.807, 2.05) is 48.5 Å². The Labute approximate surface area is 157 Å². The lowest BCUT2D eigenvalue weighted by molar-refractivity contribution is 0.475. The minimum atomic E-state index is 0.236. The molecule has 0 aliphatic carbocycles. The van der Waals surface area contributed by atoms with Gasteiger partial charge in [0.15, 0.2) is 0 Å². The van der Waals surface area contributed by atoms with Crippen LogP contribution in [0.2, 0.25) is 0 Å². The van der Waals surface area contributed by atoms with E-state index < -0.39 is 0 Å². The summed E-state index contributed by atoms with van der Waals surface area (Å²) in [4.78, 5) is 3.91. The predicted octanol–water partition coefficient (Wildman–Crippen LogP) is 4.93. The Kier molecular flexibility index (Phi) is 5.61. The highest BCUT2D eigenvalue weighted by Gasteiger charge is 1.92. The molecule has 0 bridgehead atoms. The van der Waals surface area contributed by atoms with Crippen molar-refractivity contribution >= 4 is 23.1 Å². The van der Waals surface area contributed by atoms with Crippen LogP contribution in [-0.4, -0.2) is 10.3 Å². The van der Waals surface area contributed by atoms with Gasteiger partial charge in [0.2, 0.25) is 0 Å². The molecule has 0 aliphatic heterocycles. The number of phenols is 1. The van der Waals surface area contributed by atoms with Gasteiger partial charge < -0.3 is 5.11 Å². The van der Waals surface area contributed by atoms with Crippen molar-refractivity contribution in [3.63, 3.8) is 0 Å². The van der Waals surface area contributed by atoms with Crippen LogP contribution in [0.5, 0.6) is 5.75 Å². The summed E-state index contributed by atoms with van der Waals surface area (Å²) in [5.74, 6) is 12.6. The summed E-state index contributed by atoms with van der Waals surface area (Å²) < 4.78 is 0. The van der Waals surface area contributed by atoms with Crippen molar-refractivity contribution in [2.24, 2.45) is 4.99 Å². The van der Waals surface area contributed by atoms with E-state index in [0.29, 0.717) is 0 Å². The van der Waals surface area contributed by atoms with Gasteiger partial charge in [-0.2, -0.15) is 4.99 Å². The number of nitrogens with zero attached hydrogens (tertiary/aromatic N) is 1. The van der Waals surface area contributed by atoms with E-state index in [2.05, 4.69) is 46.1 Å². The maximum atomic E-state index is 9.27. The summed E-state index contributed by atoms with van der Waals surface area (Å²) in [6.45, 7) is 0. The van der Waals surface area contributed by atoms with Crippen LogP contribution in [0.1, 0.15) is 22.3 Å². The smallest absolute Gasteiger partial charge is 0.115 e. The number of benzene rings is 3. The van der Waals surface area contributed by atoms with Gasteiger partial charge in [-0.25, -0.2) is 0 Å². The first-order valence-electron chi connectivity index (χ1n) is 7.84. The number of hydrogen-bond donors (Lipinski definition) is 1. The quantitative estimate of drug-likeness (QED) is 0.383. The third kappa shape index (κ3) is 4.94. The summed E-state index contributed by atoms with van der Waals surface area (Å²) in [5, 5.41) is 11.6. The van der Waals surface area contributed by atoms with E-state index in [4.69, 9.17) is 0 Å². The molecule has 0 amide bonds. The Hall–Kier alpha value is -3.62. The van der Waals surface area contributed by atoms with E-state index >= 15 is 0 Å². The predicted molar refractivity (Wildman–Crippen MR) is 108 cm³/mol. The van der Waals surface area contributed by atoms with E-state index in [1.165, 1.54) is 0 Å². The molecule has 0 saturated heterocycles. The van der Waals surface area contributed by atoms with Gasteiger partial charge in [0.05, 0.1) is 10.8 Å². The fourth-order valence-electron chi connectivity index (χ4n) is 2.14. The first-order chi connectivity index (χ1) is 12.7. The molecule has 26 heavy (non-hydrogen) atoms. The average molecular weight is 351 g/mol. The number of aliphatic imine (C=N–C) groups is 1. The van der Waals surface area contributed by atoms with Gasteiger partial charge in [0.1, 0.15) is 5.75 Å². The Morgan fingerprint density at radius 3 is 1.31 bits per heavy atom. The molecule has 0 radical (unpaired) electrons. The molecular formula is C23H13NOS. The van der Waals surface area contributed by atoms with Crippen LogP contribution >= 0.6 is 12.2 Å². The number of hydrogen-bond acceptors (Lipinski definition) is 3. The molecule has 0 heterocycles. The largest absolute Gasteiger partial charge is 0.508 e. The lowest BCUT2D eigenvalue weighted by Gasteiger charge is -1.94. The highest BCUT2D eigenvalue weighted by molar-refractivity contribution is 7.78. The van der Waals surface area contributed by atoms with Gasteiger partial charge in [-0.1, -0.05) is 23.7 Å². The van der Waals surface area contributed by atoms with Gasteiger partial charge in [-0.15, -0.1) is 0 Å². The van der Waals surface area contributed by atoms with Gasteiger partial charge in [0.25, 0.3) is 0 Å². The van der Waals surface area contributed by atoms with E-state index in [-0.39, 0.29) is 5.75 Å². The van der Waals surface area contributed by atoms with Gasteiger partial charge in [0, 0.05) is 22.3 Å². The highest BCUT2D eigenvalue weighted by Crippen LogP contribution is 2.12. The number of isothiocyanates is 1. The average Bonchev–Trinajstić information content (AvgIpc) is 2.68. The van der Waals surface area contributed by atoms with Crippen molar-refractivity contribution < 1.29 is 5.11 Å². The van der Waals surface area contributed by atoms with Crippen LogP contribution in [0.4, 0.5) is 5.69 Å². The molecule has 0 saturated carbocycles. The molecule has 0 aliphatic rings. The lowest BCUT2D eigenvalue weighted by atomic mass is 10.1. The van der Waals surface area contributed by atoms with E-state index in [9.17, 15) is 5.11 Å². The standard InChI is InChI=1S/C23H13NOS/c25-23-15-11-21(12-16-23)8-6-19-3-1-18(2-4-19)5-7-20-9-13-22(14-10-20)24-17-26/h1-4,9-16,25H. The van der Waals surface area contributed by atoms with Crippen LogP contribution in [0.3, 0.4) is 0 Å². The Morgan fingerprint density at radius 1 is 0.577 bits per heavy atom. The number of phenolic OH excluding ortho intramolecular Hbond substituents is 1. The zero-order valence-electron chi connectivity index (χ0n) is 13.7. The van der Waals surface area contributed by atoms with Crippen molar-refractivity contribution in [2.75, 3.05) is 0 Å². The second-order valence-electron chi connectivity index (χ2n) is 5.37. The molecular weight excluding hydrogens is 338 g/mol. The Bertz CT molecular complexity index is 1070. The van der Waals surface area contributed by atoms with E-state index in [0.717, 1.165) is 27.9 Å². The summed E-state index contributed by atoms with van der Waals surface area (Å²) in [7, 11) is 0. The molecule has 3 heteroatoms. The second kappa shape index (κ2) is 8.47. The fourth-order valence-corrected chi connectivity index (χ4v) is 2.25. The first kappa shape index (κ1) is 17.2. The zero-order valence-corrected chi connectivity index (χ0v) is 14.5. The normalized spacial score (nSPS) is 9.08. The number of rotatable bonds is 1. The third-order valence-corrected chi connectivity index (χ3v) is 3.59. The highest BCUT2D eigenvalue weighted by atomic mass is 32.1. The third-order valence-electron chi connectivity index (χ3n) is 3.50. The molecule has 0 unspecified atom stereocenters. The Balaban J connectivity index is 1.70. The summed E-state index contributed by atoms with van der Waals surface area (Å²) in [6, 6.07) is 22.1. The minimum Gasteiger partial charge on any atom is -0.508 e. The fraction of sp³-hybridized carbons (Fsp3) is 0. The van der Waals surface area contributed by atoms with Crippen molar-refractivity contribution in [1.82, 2.24) is 0 Å². The lowest BCUT2D eigenvalue weighted by Crippen LogP contribution is -1.79. The van der Waals surface area contributed by atoms with Crippen molar-refractivity contribution in [2.45, 2.75) is 0 Å². The molecule has 2 nitrogen and oxygen atoms in total. The maximum Gasteiger partial charge on any atom is 0.115 e. The van der Waals surface area contributed by atoms with Crippen LogP contribution in [-0.2, 0) is 0 Å².